The maximum absolute atomic E-state index is 12.7. The average molecular weight is 450 g/mol. The van der Waals surface area contributed by atoms with Crippen LogP contribution in [-0.2, 0) is 28.9 Å². The van der Waals surface area contributed by atoms with E-state index in [9.17, 15) is 13.6 Å². The number of carbonyl (C=O) groups is 1. The fraction of sp³-hybridized carbons (Fsp3) is 0.316. The first-order chi connectivity index (χ1) is 13.8. The molecule has 0 aliphatic rings. The quantitative estimate of drug-likeness (QED) is 0.513. The first kappa shape index (κ1) is 21.6. The van der Waals surface area contributed by atoms with Crippen molar-refractivity contribution in [3.05, 3.63) is 61.5 Å². The molecule has 0 spiro atoms. The minimum atomic E-state index is -2.36. The number of hydrogen-bond donors (Lipinski definition) is 2. The fourth-order valence-electron chi connectivity index (χ4n) is 2.91. The SMILES string of the molecule is Cc1csc([C@H](Cc2ccc(NS(=O)[O-])cc2)NC(=O)Cc2nc(C)sc2C)n1. The minimum Gasteiger partial charge on any atom is -0.755 e. The average Bonchev–Trinajstić information content (AvgIpc) is 3.20. The molecule has 0 saturated carbocycles. The molecular formula is C19H21N4O3S3-. The summed E-state index contributed by atoms with van der Waals surface area (Å²) in [6, 6.07) is 6.79. The van der Waals surface area contributed by atoms with Crippen LogP contribution in [0.15, 0.2) is 29.6 Å². The Balaban J connectivity index is 1.73. The van der Waals surface area contributed by atoms with Crippen LogP contribution in [0.1, 0.15) is 37.9 Å². The molecular weight excluding hydrogens is 428 g/mol. The maximum atomic E-state index is 12.7. The second-order valence-electron chi connectivity index (χ2n) is 6.60. The van der Waals surface area contributed by atoms with E-state index in [-0.39, 0.29) is 18.4 Å². The Hall–Kier alpha value is -2.14. The normalized spacial score (nSPS) is 13.1. The topological polar surface area (TPSA) is 107 Å². The number of anilines is 1. The van der Waals surface area contributed by atoms with Crippen LogP contribution in [0.25, 0.3) is 0 Å². The summed E-state index contributed by atoms with van der Waals surface area (Å²) in [6.45, 7) is 5.82. The Kier molecular flexibility index (Phi) is 7.12. The van der Waals surface area contributed by atoms with Gasteiger partial charge >= 0.3 is 0 Å². The fourth-order valence-corrected chi connectivity index (χ4v) is 4.92. The Labute approximate surface area is 180 Å². The summed E-state index contributed by atoms with van der Waals surface area (Å²) in [4.78, 5) is 22.7. The Morgan fingerprint density at radius 2 is 1.93 bits per heavy atom. The van der Waals surface area contributed by atoms with Gasteiger partial charge in [-0.15, -0.1) is 22.7 Å². The van der Waals surface area contributed by atoms with Crippen LogP contribution in [0, 0.1) is 20.8 Å². The standard InChI is InChI=1S/C19H22N4O3S3/c1-11-10-27-19(20-11)17(8-14-4-6-15(7-5-14)23-29(25)26)22-18(24)9-16-12(2)28-13(3)21-16/h4-7,10,17,23H,8-9H2,1-3H3,(H,22,24)(H,25,26)/p-1/t17-/m0/s1. The number of nitrogens with zero attached hydrogens (tertiary/aromatic N) is 2. The molecule has 2 aromatic heterocycles. The Bertz CT molecular complexity index is 1010. The molecule has 3 rings (SSSR count). The van der Waals surface area contributed by atoms with Crippen LogP contribution in [0.5, 0.6) is 0 Å². The van der Waals surface area contributed by atoms with Crippen molar-refractivity contribution >= 4 is 45.5 Å². The van der Waals surface area contributed by atoms with E-state index in [0.29, 0.717) is 12.1 Å². The molecule has 2 heterocycles. The number of nitrogens with one attached hydrogen (secondary N) is 2. The van der Waals surface area contributed by atoms with Gasteiger partial charge in [-0.1, -0.05) is 12.1 Å². The second kappa shape index (κ2) is 9.57. The molecule has 29 heavy (non-hydrogen) atoms. The molecule has 0 radical (unpaired) electrons. The van der Waals surface area contributed by atoms with Gasteiger partial charge in [-0.25, -0.2) is 9.97 Å². The van der Waals surface area contributed by atoms with Gasteiger partial charge in [-0.3, -0.25) is 9.00 Å². The monoisotopic (exact) mass is 449 g/mol. The van der Waals surface area contributed by atoms with Gasteiger partial charge in [0.05, 0.1) is 23.2 Å². The molecule has 7 nitrogen and oxygen atoms in total. The van der Waals surface area contributed by atoms with Crippen molar-refractivity contribution < 1.29 is 13.6 Å². The lowest BCUT2D eigenvalue weighted by Gasteiger charge is -2.17. The van der Waals surface area contributed by atoms with Crippen LogP contribution >= 0.6 is 22.7 Å². The first-order valence-corrected chi connectivity index (χ1v) is 11.7. The molecule has 2 atom stereocenters. The first-order valence-electron chi connectivity index (χ1n) is 8.89. The van der Waals surface area contributed by atoms with Gasteiger partial charge in [0, 0.05) is 32.9 Å². The van der Waals surface area contributed by atoms with Gasteiger partial charge in [0.15, 0.2) is 0 Å². The molecule has 2 N–H and O–H groups in total. The highest BCUT2D eigenvalue weighted by atomic mass is 32.2. The molecule has 1 aromatic carbocycles. The van der Waals surface area contributed by atoms with E-state index in [1.807, 2.05) is 38.3 Å². The molecule has 0 bridgehead atoms. The maximum Gasteiger partial charge on any atom is 0.226 e. The number of benzene rings is 1. The highest BCUT2D eigenvalue weighted by Gasteiger charge is 2.20. The van der Waals surface area contributed by atoms with Crippen LogP contribution in [-0.4, -0.2) is 24.6 Å². The highest BCUT2D eigenvalue weighted by molar-refractivity contribution is 7.80. The smallest absolute Gasteiger partial charge is 0.226 e. The lowest BCUT2D eigenvalue weighted by molar-refractivity contribution is -0.121. The van der Waals surface area contributed by atoms with Crippen molar-refractivity contribution in [1.82, 2.24) is 15.3 Å². The van der Waals surface area contributed by atoms with Crippen LogP contribution in [0.3, 0.4) is 0 Å². The predicted octanol–water partition coefficient (Wildman–Crippen LogP) is 3.37. The zero-order chi connectivity index (χ0) is 21.0. The zero-order valence-corrected chi connectivity index (χ0v) is 18.7. The summed E-state index contributed by atoms with van der Waals surface area (Å²) in [5.74, 6) is -0.101. The number of aromatic nitrogens is 2. The summed E-state index contributed by atoms with van der Waals surface area (Å²) >= 11 is 0.738. The third-order valence-electron chi connectivity index (χ3n) is 4.19. The summed E-state index contributed by atoms with van der Waals surface area (Å²) < 4.78 is 23.8. The summed E-state index contributed by atoms with van der Waals surface area (Å²) in [6.07, 6.45) is 0.781. The number of thiazole rings is 2. The van der Waals surface area contributed by atoms with Crippen molar-refractivity contribution in [3.8, 4) is 0 Å². The van der Waals surface area contributed by atoms with Crippen LogP contribution in [0.2, 0.25) is 0 Å². The van der Waals surface area contributed by atoms with Crippen molar-refractivity contribution in [2.24, 2.45) is 0 Å². The Morgan fingerprint density at radius 1 is 1.21 bits per heavy atom. The summed E-state index contributed by atoms with van der Waals surface area (Å²) in [7, 11) is 0. The third-order valence-corrected chi connectivity index (χ3v) is 6.60. The van der Waals surface area contributed by atoms with E-state index in [0.717, 1.165) is 31.8 Å². The summed E-state index contributed by atoms with van der Waals surface area (Å²) in [5.41, 5.74) is 3.17. The van der Waals surface area contributed by atoms with Crippen LogP contribution < -0.4 is 10.0 Å². The largest absolute Gasteiger partial charge is 0.755 e. The number of amides is 1. The molecule has 1 unspecified atom stereocenters. The third kappa shape index (κ3) is 6.17. The molecule has 1 amide bonds. The van der Waals surface area contributed by atoms with E-state index in [1.54, 1.807) is 23.5 Å². The van der Waals surface area contributed by atoms with Gasteiger partial charge in [0.25, 0.3) is 0 Å². The van der Waals surface area contributed by atoms with Crippen LogP contribution in [0.4, 0.5) is 5.69 Å². The van der Waals surface area contributed by atoms with E-state index < -0.39 is 11.3 Å². The van der Waals surface area contributed by atoms with Crippen molar-refractivity contribution in [3.63, 3.8) is 0 Å². The molecule has 0 saturated heterocycles. The molecule has 0 aliphatic heterocycles. The van der Waals surface area contributed by atoms with Gasteiger partial charge < -0.3 is 14.6 Å². The lowest BCUT2D eigenvalue weighted by atomic mass is 10.1. The van der Waals surface area contributed by atoms with E-state index in [2.05, 4.69) is 20.0 Å². The molecule has 3 aromatic rings. The molecule has 10 heteroatoms. The van der Waals surface area contributed by atoms with E-state index >= 15 is 0 Å². The number of rotatable bonds is 8. The van der Waals surface area contributed by atoms with Gasteiger partial charge in [-0.2, -0.15) is 0 Å². The van der Waals surface area contributed by atoms with Gasteiger partial charge in [-0.05, 0) is 44.9 Å². The molecule has 0 aliphatic carbocycles. The van der Waals surface area contributed by atoms with E-state index in [1.165, 1.54) is 11.3 Å². The predicted molar refractivity (Wildman–Crippen MR) is 116 cm³/mol. The van der Waals surface area contributed by atoms with Crippen molar-refractivity contribution in [1.29, 1.82) is 0 Å². The van der Waals surface area contributed by atoms with E-state index in [4.69, 9.17) is 0 Å². The minimum absolute atomic E-state index is 0.101. The second-order valence-corrected chi connectivity index (χ2v) is 9.57. The van der Waals surface area contributed by atoms with Crippen molar-refractivity contribution in [2.45, 2.75) is 39.7 Å². The lowest BCUT2D eigenvalue weighted by Crippen LogP contribution is -2.31. The number of hydrogen-bond acceptors (Lipinski definition) is 7. The Morgan fingerprint density at radius 3 is 2.48 bits per heavy atom. The number of aryl methyl sites for hydroxylation is 3. The zero-order valence-electron chi connectivity index (χ0n) is 16.2. The van der Waals surface area contributed by atoms with Crippen molar-refractivity contribution in [2.75, 3.05) is 4.72 Å². The van der Waals surface area contributed by atoms with Gasteiger partial charge in [0.1, 0.15) is 5.01 Å². The summed E-state index contributed by atoms with van der Waals surface area (Å²) in [5, 5.41) is 6.83. The molecule has 154 valence electrons. The molecule has 0 fully saturated rings. The number of carbonyl (C=O) groups excluding carboxylic acids is 1. The highest BCUT2D eigenvalue weighted by Crippen LogP contribution is 2.24. The van der Waals surface area contributed by atoms with Gasteiger partial charge in [0.2, 0.25) is 5.91 Å².